The quantitative estimate of drug-likeness (QED) is 0.393. The molecule has 1 atom stereocenters. The Balaban J connectivity index is 2.56. The molecule has 1 aliphatic heterocycles. The summed E-state index contributed by atoms with van der Waals surface area (Å²) in [5.41, 5.74) is 1.47. The van der Waals surface area contributed by atoms with Gasteiger partial charge in [-0.25, -0.2) is 0 Å². The van der Waals surface area contributed by atoms with Crippen molar-refractivity contribution in [1.29, 1.82) is 0 Å². The standard InChI is InChI=1S/C8H13B2/c1-4-6(2)7(3)8-9-5-10-8/h4,7H,5H2,1-3H3/b6-4-. The number of hydrogen-bond donors (Lipinski definition) is 0. The van der Waals surface area contributed by atoms with E-state index in [1.807, 2.05) is 0 Å². The predicted molar refractivity (Wildman–Crippen MR) is 49.9 cm³/mol. The van der Waals surface area contributed by atoms with Crippen LogP contribution in [0.1, 0.15) is 20.8 Å². The van der Waals surface area contributed by atoms with Crippen LogP contribution in [0.15, 0.2) is 11.6 Å². The molecule has 1 unspecified atom stereocenters. The molecule has 0 aromatic heterocycles. The van der Waals surface area contributed by atoms with E-state index in [9.17, 15) is 0 Å². The van der Waals surface area contributed by atoms with Crippen LogP contribution in [0.3, 0.4) is 0 Å². The van der Waals surface area contributed by atoms with Crippen LogP contribution in [-0.4, -0.2) is 19.6 Å². The molecular formula is C8H13B2. The van der Waals surface area contributed by atoms with Crippen LogP contribution in [-0.2, 0) is 0 Å². The van der Waals surface area contributed by atoms with Gasteiger partial charge >= 0.3 is 64.1 Å². The van der Waals surface area contributed by atoms with E-state index in [4.69, 9.17) is 0 Å². The van der Waals surface area contributed by atoms with Crippen LogP contribution >= 0.6 is 0 Å². The van der Waals surface area contributed by atoms with E-state index in [1.54, 1.807) is 0 Å². The predicted octanol–water partition coefficient (Wildman–Crippen LogP) is 1.52. The van der Waals surface area contributed by atoms with Gasteiger partial charge < -0.3 is 0 Å². The van der Waals surface area contributed by atoms with E-state index in [0.29, 0.717) is 5.92 Å². The first-order chi connectivity index (χ1) is 4.75. The summed E-state index contributed by atoms with van der Waals surface area (Å²) in [5, 5.41) is 1.51. The van der Waals surface area contributed by atoms with Gasteiger partial charge in [-0.3, -0.25) is 0 Å². The Bertz CT molecular complexity index is 172. The zero-order valence-electron chi connectivity index (χ0n) is 7.02. The molecule has 0 aromatic rings. The molecule has 1 aliphatic rings. The molecule has 1 heterocycles. The summed E-state index contributed by atoms with van der Waals surface area (Å²) in [6.45, 7) is 8.86. The molecule has 1 rings (SSSR count). The topological polar surface area (TPSA) is 0 Å². The molecule has 51 valence electrons. The van der Waals surface area contributed by atoms with Crippen molar-refractivity contribution in [2.45, 2.75) is 27.0 Å². The van der Waals surface area contributed by atoms with Crippen molar-refractivity contribution in [3.8, 4) is 0 Å². The Morgan fingerprint density at radius 2 is 2.30 bits per heavy atom. The average molecular weight is 131 g/mol. The molecule has 10 heavy (non-hydrogen) atoms. The van der Waals surface area contributed by atoms with Gasteiger partial charge in [0.25, 0.3) is 0 Å². The average Bonchev–Trinajstić information content (AvgIpc) is 1.82. The monoisotopic (exact) mass is 131 g/mol. The van der Waals surface area contributed by atoms with Gasteiger partial charge in [-0.2, -0.15) is 0 Å². The molecule has 0 nitrogen and oxygen atoms in total. The maximum atomic E-state index is 2.30. The first kappa shape index (κ1) is 7.84. The molecule has 2 heteroatoms. The molecule has 0 amide bonds. The SMILES string of the molecule is C/C=C(/C)C(C)C1=BC[B]1. The van der Waals surface area contributed by atoms with Crippen molar-refractivity contribution in [3.05, 3.63) is 11.6 Å². The minimum atomic E-state index is 0.652. The summed E-state index contributed by atoms with van der Waals surface area (Å²) in [6, 6.07) is 0. The molecule has 0 aliphatic carbocycles. The summed E-state index contributed by atoms with van der Waals surface area (Å²) in [4.78, 5) is 0. The molecular weight excluding hydrogens is 118 g/mol. The van der Waals surface area contributed by atoms with Crippen molar-refractivity contribution in [2.24, 2.45) is 5.92 Å². The Morgan fingerprint density at radius 1 is 1.70 bits per heavy atom. The molecule has 0 saturated heterocycles. The summed E-state index contributed by atoms with van der Waals surface area (Å²) in [7, 11) is 2.30. The van der Waals surface area contributed by atoms with Crippen molar-refractivity contribution in [1.82, 2.24) is 0 Å². The van der Waals surface area contributed by atoms with Crippen LogP contribution in [0.25, 0.3) is 0 Å². The summed E-state index contributed by atoms with van der Waals surface area (Å²) >= 11 is 0. The van der Waals surface area contributed by atoms with Crippen LogP contribution < -0.4 is 0 Å². The molecule has 0 bridgehead atoms. The minimum absolute atomic E-state index is 0.652. The molecule has 0 saturated carbocycles. The summed E-state index contributed by atoms with van der Waals surface area (Å²) in [6.07, 6.45) is 3.37. The normalized spacial score (nSPS) is 19.9. The molecule has 0 fully saturated rings. The van der Waals surface area contributed by atoms with Crippen LogP contribution in [0.4, 0.5) is 0 Å². The Hall–Kier alpha value is -0.260. The van der Waals surface area contributed by atoms with Gasteiger partial charge in [-0.1, -0.05) is 0 Å². The van der Waals surface area contributed by atoms with Gasteiger partial charge in [0.1, 0.15) is 0 Å². The number of hydrogen-bond acceptors (Lipinski definition) is 0. The van der Waals surface area contributed by atoms with Gasteiger partial charge in [-0.15, -0.1) is 0 Å². The van der Waals surface area contributed by atoms with Crippen molar-refractivity contribution < 1.29 is 0 Å². The van der Waals surface area contributed by atoms with Gasteiger partial charge in [-0.05, 0) is 0 Å². The third kappa shape index (κ3) is 1.42. The molecule has 1 radical (unpaired) electrons. The summed E-state index contributed by atoms with van der Waals surface area (Å²) < 4.78 is 0. The van der Waals surface area contributed by atoms with Crippen LogP contribution in [0, 0.1) is 5.92 Å². The molecule has 0 N–H and O–H groups in total. The second-order valence-electron chi connectivity index (χ2n) is 2.90. The van der Waals surface area contributed by atoms with E-state index in [0.717, 1.165) is 0 Å². The number of rotatable bonds is 2. The first-order valence-corrected chi connectivity index (χ1v) is 3.91. The summed E-state index contributed by atoms with van der Waals surface area (Å²) in [5.74, 6) is 0.652. The first-order valence-electron chi connectivity index (χ1n) is 3.91. The Morgan fingerprint density at radius 3 is 2.60 bits per heavy atom. The van der Waals surface area contributed by atoms with E-state index >= 15 is 0 Å². The number of allylic oxidation sites excluding steroid dienone is 2. The van der Waals surface area contributed by atoms with Crippen LogP contribution in [0.2, 0.25) is 6.22 Å². The van der Waals surface area contributed by atoms with E-state index in [1.165, 1.54) is 17.2 Å². The zero-order chi connectivity index (χ0) is 7.56. The molecule has 0 spiro atoms. The fourth-order valence-electron chi connectivity index (χ4n) is 1.12. The fraction of sp³-hybridized carbons (Fsp3) is 0.625. The van der Waals surface area contributed by atoms with E-state index in [-0.39, 0.29) is 0 Å². The van der Waals surface area contributed by atoms with Crippen LogP contribution in [0.5, 0.6) is 0 Å². The third-order valence-electron chi connectivity index (χ3n) is 2.35. The Labute approximate surface area is 64.9 Å². The second kappa shape index (κ2) is 3.23. The second-order valence-corrected chi connectivity index (χ2v) is 2.90. The zero-order valence-corrected chi connectivity index (χ0v) is 7.02. The van der Waals surface area contributed by atoms with Crippen molar-refractivity contribution in [3.63, 3.8) is 0 Å². The van der Waals surface area contributed by atoms with E-state index < -0.39 is 0 Å². The Kier molecular flexibility index (Phi) is 2.53. The van der Waals surface area contributed by atoms with Gasteiger partial charge in [0.05, 0.1) is 0 Å². The van der Waals surface area contributed by atoms with Gasteiger partial charge in [0.15, 0.2) is 0 Å². The maximum absolute atomic E-state index is 2.30. The third-order valence-corrected chi connectivity index (χ3v) is 2.35. The van der Waals surface area contributed by atoms with Gasteiger partial charge in [0.2, 0.25) is 0 Å². The van der Waals surface area contributed by atoms with Crippen molar-refractivity contribution >= 4 is 19.6 Å². The van der Waals surface area contributed by atoms with Crippen molar-refractivity contribution in [2.75, 3.05) is 0 Å². The molecule has 0 aromatic carbocycles. The fourth-order valence-corrected chi connectivity index (χ4v) is 1.12. The van der Waals surface area contributed by atoms with Gasteiger partial charge in [0, 0.05) is 0 Å². The van der Waals surface area contributed by atoms with E-state index in [2.05, 4.69) is 41.0 Å².